The first kappa shape index (κ1) is 30.7. The van der Waals surface area contributed by atoms with Crippen LogP contribution < -0.4 is 15.4 Å². The van der Waals surface area contributed by atoms with Gasteiger partial charge in [0.2, 0.25) is 5.91 Å². The fourth-order valence-corrected chi connectivity index (χ4v) is 6.31. The zero-order chi connectivity index (χ0) is 32.0. The lowest BCUT2D eigenvalue weighted by atomic mass is 9.87. The number of pyridine rings is 1. The van der Waals surface area contributed by atoms with Crippen LogP contribution in [0.5, 0.6) is 5.75 Å². The average Bonchev–Trinajstić information content (AvgIpc) is 3.58. The van der Waals surface area contributed by atoms with Gasteiger partial charge in [0.15, 0.2) is 0 Å². The van der Waals surface area contributed by atoms with E-state index in [-0.39, 0.29) is 45.8 Å². The molecule has 1 fully saturated rings. The number of methoxy groups -OCH3 is 1. The van der Waals surface area contributed by atoms with Crippen LogP contribution in [0.1, 0.15) is 27.3 Å². The van der Waals surface area contributed by atoms with Crippen molar-refractivity contribution in [1.82, 2.24) is 10.3 Å². The maximum Gasteiger partial charge on any atom is 0.501 e. The molecule has 1 aromatic heterocycles. The molecule has 2 aliphatic rings. The number of sulfone groups is 1. The van der Waals surface area contributed by atoms with E-state index in [0.29, 0.717) is 12.5 Å². The summed E-state index contributed by atoms with van der Waals surface area (Å²) in [4.78, 5) is 41.2. The molecule has 1 saturated carbocycles. The summed E-state index contributed by atoms with van der Waals surface area (Å²) >= 11 is 0. The summed E-state index contributed by atoms with van der Waals surface area (Å²) < 4.78 is 83.0. The van der Waals surface area contributed by atoms with Gasteiger partial charge in [0, 0.05) is 23.4 Å². The fraction of sp³-hybridized carbons (Fsp3) is 0.241. The van der Waals surface area contributed by atoms with E-state index in [1.54, 1.807) is 6.08 Å². The van der Waals surface area contributed by atoms with Crippen molar-refractivity contribution in [3.8, 4) is 17.0 Å². The van der Waals surface area contributed by atoms with Crippen LogP contribution in [0.2, 0.25) is 0 Å². The SMILES string of the molecule is COc1cc(F)c(-c2cccc(C(=O)O)n2)cc1C(=O)NC1C2C=CC(C2)C1C(=O)Nc1cccc(S(=O)(=O)C(F)(F)F)c1. The molecular formula is C29H23F4N3O7S. The van der Waals surface area contributed by atoms with Crippen LogP contribution in [-0.2, 0) is 14.6 Å². The molecule has 0 saturated heterocycles. The van der Waals surface area contributed by atoms with Crippen LogP contribution >= 0.6 is 0 Å². The highest BCUT2D eigenvalue weighted by Gasteiger charge is 2.49. The van der Waals surface area contributed by atoms with E-state index in [0.717, 1.165) is 24.3 Å². The van der Waals surface area contributed by atoms with Gasteiger partial charge in [0.25, 0.3) is 15.7 Å². The van der Waals surface area contributed by atoms with Crippen LogP contribution in [0.25, 0.3) is 11.3 Å². The summed E-state index contributed by atoms with van der Waals surface area (Å²) in [6, 6.07) is 9.05. The minimum Gasteiger partial charge on any atom is -0.496 e. The maximum atomic E-state index is 15.0. The van der Waals surface area contributed by atoms with E-state index >= 15 is 4.39 Å². The Bertz CT molecular complexity index is 1810. The number of fused-ring (bicyclic) bond motifs is 2. The Morgan fingerprint density at radius 3 is 2.41 bits per heavy atom. The molecule has 2 aliphatic carbocycles. The highest BCUT2D eigenvalue weighted by Crippen LogP contribution is 2.45. The molecule has 5 rings (SSSR count). The second-order valence-electron chi connectivity index (χ2n) is 10.2. The number of alkyl halides is 3. The Balaban J connectivity index is 1.41. The Kier molecular flexibility index (Phi) is 7.92. The zero-order valence-corrected chi connectivity index (χ0v) is 23.4. The van der Waals surface area contributed by atoms with Crippen molar-refractivity contribution < 1.29 is 50.2 Å². The van der Waals surface area contributed by atoms with Gasteiger partial charge in [-0.25, -0.2) is 22.6 Å². The smallest absolute Gasteiger partial charge is 0.496 e. The number of anilines is 1. The molecule has 44 heavy (non-hydrogen) atoms. The number of halogens is 4. The second-order valence-corrected chi connectivity index (χ2v) is 12.1. The van der Waals surface area contributed by atoms with Crippen molar-refractivity contribution >= 4 is 33.3 Å². The number of nitrogens with one attached hydrogen (secondary N) is 2. The summed E-state index contributed by atoms with van der Waals surface area (Å²) in [5.41, 5.74) is -6.39. The number of benzene rings is 2. The number of carboxylic acids is 1. The predicted octanol–water partition coefficient (Wildman–Crippen LogP) is 4.45. The van der Waals surface area contributed by atoms with Crippen molar-refractivity contribution in [2.24, 2.45) is 17.8 Å². The number of carbonyl (C=O) groups is 3. The maximum absolute atomic E-state index is 15.0. The first-order chi connectivity index (χ1) is 20.7. The van der Waals surface area contributed by atoms with Gasteiger partial charge in [-0.3, -0.25) is 9.59 Å². The van der Waals surface area contributed by atoms with E-state index in [1.165, 1.54) is 31.4 Å². The van der Waals surface area contributed by atoms with Gasteiger partial charge < -0.3 is 20.5 Å². The van der Waals surface area contributed by atoms with Crippen molar-refractivity contribution in [1.29, 1.82) is 0 Å². The lowest BCUT2D eigenvalue weighted by molar-refractivity contribution is -0.121. The molecular weight excluding hydrogens is 610 g/mol. The number of carboxylic acid groups (broad SMARTS) is 1. The van der Waals surface area contributed by atoms with Crippen LogP contribution in [0.15, 0.2) is 71.6 Å². The number of carbonyl (C=O) groups excluding carboxylic acids is 2. The molecule has 4 atom stereocenters. The van der Waals surface area contributed by atoms with Crippen LogP contribution in [0, 0.1) is 23.6 Å². The van der Waals surface area contributed by atoms with Gasteiger partial charge in [0.05, 0.1) is 29.2 Å². The van der Waals surface area contributed by atoms with Crippen molar-refractivity contribution in [3.05, 3.63) is 83.8 Å². The highest BCUT2D eigenvalue weighted by atomic mass is 32.2. The number of rotatable bonds is 8. The van der Waals surface area contributed by atoms with Crippen LogP contribution in [0.4, 0.5) is 23.2 Å². The van der Waals surface area contributed by atoms with E-state index in [9.17, 15) is 41.1 Å². The summed E-state index contributed by atoms with van der Waals surface area (Å²) in [5.74, 6) is -5.19. The summed E-state index contributed by atoms with van der Waals surface area (Å²) in [6.07, 6.45) is 4.10. The van der Waals surface area contributed by atoms with Gasteiger partial charge in [-0.05, 0) is 54.7 Å². The first-order valence-electron chi connectivity index (χ1n) is 13.0. The van der Waals surface area contributed by atoms with Gasteiger partial charge in [-0.1, -0.05) is 24.3 Å². The largest absolute Gasteiger partial charge is 0.501 e. The molecule has 2 aromatic carbocycles. The van der Waals surface area contributed by atoms with Crippen molar-refractivity contribution in [2.45, 2.75) is 22.9 Å². The molecule has 2 amide bonds. The Morgan fingerprint density at radius 1 is 1.02 bits per heavy atom. The zero-order valence-electron chi connectivity index (χ0n) is 22.6. The van der Waals surface area contributed by atoms with Gasteiger partial charge in [-0.15, -0.1) is 0 Å². The number of ether oxygens (including phenoxy) is 1. The van der Waals surface area contributed by atoms with E-state index in [4.69, 9.17) is 4.74 Å². The van der Waals surface area contributed by atoms with Crippen LogP contribution in [0.3, 0.4) is 0 Å². The predicted molar refractivity (Wildman–Crippen MR) is 147 cm³/mol. The molecule has 3 N–H and O–H groups in total. The highest BCUT2D eigenvalue weighted by molar-refractivity contribution is 7.92. The minimum absolute atomic E-state index is 0.0472. The molecule has 4 unspecified atom stereocenters. The molecule has 15 heteroatoms. The number of hydrogen-bond acceptors (Lipinski definition) is 7. The summed E-state index contributed by atoms with van der Waals surface area (Å²) in [7, 11) is -4.43. The second kappa shape index (κ2) is 11.4. The molecule has 0 aliphatic heterocycles. The summed E-state index contributed by atoms with van der Waals surface area (Å²) in [6.45, 7) is 0. The van der Waals surface area contributed by atoms with Gasteiger partial charge in [-0.2, -0.15) is 13.2 Å². The number of amides is 2. The monoisotopic (exact) mass is 633 g/mol. The third kappa shape index (κ3) is 5.62. The third-order valence-corrected chi connectivity index (χ3v) is 9.04. The van der Waals surface area contributed by atoms with E-state index in [2.05, 4.69) is 15.6 Å². The molecule has 0 spiro atoms. The number of nitrogens with zero attached hydrogens (tertiary/aromatic N) is 1. The Hall–Kier alpha value is -4.79. The Labute approximate surface area is 247 Å². The normalized spacial score (nSPS) is 20.8. The number of hydrogen-bond donors (Lipinski definition) is 3. The molecule has 0 radical (unpaired) electrons. The molecule has 2 bridgehead atoms. The van der Waals surface area contributed by atoms with Crippen molar-refractivity contribution in [3.63, 3.8) is 0 Å². The lowest BCUT2D eigenvalue weighted by Gasteiger charge is -2.28. The summed E-state index contributed by atoms with van der Waals surface area (Å²) in [5, 5.41) is 14.5. The topological polar surface area (TPSA) is 152 Å². The molecule has 3 aromatic rings. The van der Waals surface area contributed by atoms with Gasteiger partial charge in [0.1, 0.15) is 17.3 Å². The van der Waals surface area contributed by atoms with Gasteiger partial charge >= 0.3 is 11.5 Å². The van der Waals surface area contributed by atoms with E-state index < -0.39 is 55.8 Å². The molecule has 1 heterocycles. The standard InChI is InChI=1S/C29H23F4N3O7S/c1-43-23-13-20(30)18(21-6-3-7-22(35-21)28(39)40)12-19(23)26(37)36-25-15-9-8-14(10-15)24(25)27(38)34-16-4-2-5-17(11-16)44(41,42)29(31,32)33/h2-9,11-15,24-25H,10H2,1H3,(H,34,38)(H,36,37)(H,39,40). The number of allylic oxidation sites excluding steroid dienone is 1. The first-order valence-corrected chi connectivity index (χ1v) is 14.5. The molecule has 10 nitrogen and oxygen atoms in total. The Morgan fingerprint density at radius 2 is 1.73 bits per heavy atom. The number of aromatic nitrogens is 1. The third-order valence-electron chi connectivity index (χ3n) is 7.55. The number of aromatic carboxylic acids is 1. The molecule has 230 valence electrons. The average molecular weight is 634 g/mol. The van der Waals surface area contributed by atoms with Crippen molar-refractivity contribution in [2.75, 3.05) is 12.4 Å². The quantitative estimate of drug-likeness (QED) is 0.243. The minimum atomic E-state index is -5.65. The lowest BCUT2D eigenvalue weighted by Crippen LogP contribution is -2.47. The fourth-order valence-electron chi connectivity index (χ4n) is 5.51. The van der Waals surface area contributed by atoms with Crippen LogP contribution in [-0.4, -0.2) is 55.0 Å². The van der Waals surface area contributed by atoms with E-state index in [1.807, 2.05) is 6.08 Å².